The fourth-order valence-corrected chi connectivity index (χ4v) is 2.19. The Hall–Kier alpha value is -1.26. The van der Waals surface area contributed by atoms with E-state index in [1.807, 2.05) is 13.8 Å². The van der Waals surface area contributed by atoms with Crippen LogP contribution in [-0.4, -0.2) is 17.9 Å². The molecule has 0 aliphatic rings. The Kier molecular flexibility index (Phi) is 6.30. The van der Waals surface area contributed by atoms with Crippen molar-refractivity contribution in [2.24, 2.45) is 5.92 Å². The summed E-state index contributed by atoms with van der Waals surface area (Å²) >= 11 is 11.8. The Morgan fingerprint density at radius 2 is 1.90 bits per heavy atom. The second-order valence-electron chi connectivity index (χ2n) is 4.88. The third-order valence-corrected chi connectivity index (χ3v) is 3.36. The molecule has 0 aromatic heterocycles. The summed E-state index contributed by atoms with van der Waals surface area (Å²) in [5.41, 5.74) is 0.773. The predicted molar refractivity (Wildman–Crippen MR) is 80.8 cm³/mol. The molecule has 1 aromatic rings. The minimum atomic E-state index is -0.557. The fourth-order valence-electron chi connectivity index (χ4n) is 1.71. The number of rotatable bonds is 5. The molecule has 6 heteroatoms. The maximum atomic E-state index is 12.1. The normalized spacial score (nSPS) is 12.1. The molecule has 0 saturated carbocycles. The molecule has 0 saturated heterocycles. The molecule has 0 aliphatic carbocycles. The van der Waals surface area contributed by atoms with Gasteiger partial charge < -0.3 is 10.6 Å². The molecule has 0 aliphatic heterocycles. The molecule has 0 fully saturated rings. The van der Waals surface area contributed by atoms with Crippen LogP contribution in [0.3, 0.4) is 0 Å². The van der Waals surface area contributed by atoms with E-state index in [0.717, 1.165) is 5.56 Å². The van der Waals surface area contributed by atoms with Crippen molar-refractivity contribution in [2.75, 3.05) is 0 Å². The summed E-state index contributed by atoms with van der Waals surface area (Å²) in [5, 5.41) is 6.44. The Morgan fingerprint density at radius 3 is 2.40 bits per heavy atom. The number of hydrogen-bond donors (Lipinski definition) is 2. The van der Waals surface area contributed by atoms with E-state index in [9.17, 15) is 9.59 Å². The van der Waals surface area contributed by atoms with E-state index in [1.54, 1.807) is 18.2 Å². The van der Waals surface area contributed by atoms with E-state index in [1.165, 1.54) is 6.92 Å². The first-order valence-electron chi connectivity index (χ1n) is 6.30. The molecule has 0 spiro atoms. The highest BCUT2D eigenvalue weighted by Gasteiger charge is 2.22. The maximum absolute atomic E-state index is 12.1. The summed E-state index contributed by atoms with van der Waals surface area (Å²) in [6.45, 7) is 5.42. The number of carbonyl (C=O) groups excluding carboxylic acids is 2. The van der Waals surface area contributed by atoms with Gasteiger partial charge in [0, 0.05) is 23.5 Å². The van der Waals surface area contributed by atoms with Crippen LogP contribution in [0.4, 0.5) is 0 Å². The van der Waals surface area contributed by atoms with E-state index < -0.39 is 6.04 Å². The quantitative estimate of drug-likeness (QED) is 0.877. The number of nitrogens with one attached hydrogen (secondary N) is 2. The third kappa shape index (κ3) is 5.02. The average Bonchev–Trinajstić information content (AvgIpc) is 2.34. The van der Waals surface area contributed by atoms with Gasteiger partial charge in [0.05, 0.1) is 0 Å². The van der Waals surface area contributed by atoms with E-state index >= 15 is 0 Å². The molecule has 2 N–H and O–H groups in total. The molecule has 20 heavy (non-hydrogen) atoms. The molecule has 1 rings (SSSR count). The lowest BCUT2D eigenvalue weighted by atomic mass is 10.0. The summed E-state index contributed by atoms with van der Waals surface area (Å²) in [6, 6.07) is 4.54. The van der Waals surface area contributed by atoms with Crippen LogP contribution in [-0.2, 0) is 16.1 Å². The topological polar surface area (TPSA) is 58.2 Å². The molecule has 110 valence electrons. The van der Waals surface area contributed by atoms with Gasteiger partial charge >= 0.3 is 0 Å². The zero-order valence-corrected chi connectivity index (χ0v) is 13.2. The zero-order chi connectivity index (χ0) is 15.3. The Balaban J connectivity index is 2.67. The molecule has 1 aromatic carbocycles. The first-order chi connectivity index (χ1) is 9.31. The highest BCUT2D eigenvalue weighted by molar-refractivity contribution is 6.35. The molecule has 0 radical (unpaired) electrons. The van der Waals surface area contributed by atoms with Crippen LogP contribution in [0, 0.1) is 5.92 Å². The average molecular weight is 317 g/mol. The smallest absolute Gasteiger partial charge is 0.243 e. The summed E-state index contributed by atoms with van der Waals surface area (Å²) in [5.74, 6) is -0.468. The Morgan fingerprint density at radius 1 is 1.25 bits per heavy atom. The van der Waals surface area contributed by atoms with Crippen LogP contribution in [0.1, 0.15) is 26.3 Å². The van der Waals surface area contributed by atoms with Gasteiger partial charge in [0.2, 0.25) is 11.8 Å². The molecule has 2 amide bonds. The van der Waals surface area contributed by atoms with Crippen LogP contribution >= 0.6 is 23.2 Å². The van der Waals surface area contributed by atoms with Gasteiger partial charge in [-0.1, -0.05) is 43.1 Å². The highest BCUT2D eigenvalue weighted by atomic mass is 35.5. The molecule has 4 nitrogen and oxygen atoms in total. The lowest BCUT2D eigenvalue weighted by Gasteiger charge is -2.21. The lowest BCUT2D eigenvalue weighted by Crippen LogP contribution is -2.48. The second-order valence-corrected chi connectivity index (χ2v) is 5.72. The molecule has 1 atom stereocenters. The van der Waals surface area contributed by atoms with Crippen LogP contribution in [0.2, 0.25) is 10.0 Å². The van der Waals surface area contributed by atoms with Gasteiger partial charge in [-0.05, 0) is 23.6 Å². The van der Waals surface area contributed by atoms with Crippen LogP contribution in [0.15, 0.2) is 18.2 Å². The molecular weight excluding hydrogens is 299 g/mol. The monoisotopic (exact) mass is 316 g/mol. The summed E-state index contributed by atoms with van der Waals surface area (Å²) in [7, 11) is 0. The fraction of sp³-hybridized carbons (Fsp3) is 0.429. The van der Waals surface area contributed by atoms with Crippen molar-refractivity contribution in [3.63, 3.8) is 0 Å². The molecule has 0 unspecified atom stereocenters. The van der Waals surface area contributed by atoms with Gasteiger partial charge in [-0.15, -0.1) is 0 Å². The predicted octanol–water partition coefficient (Wildman–Crippen LogP) is 2.77. The third-order valence-electron chi connectivity index (χ3n) is 2.78. The summed E-state index contributed by atoms with van der Waals surface area (Å²) in [4.78, 5) is 23.2. The van der Waals surface area contributed by atoms with Crippen LogP contribution in [0.5, 0.6) is 0 Å². The van der Waals surface area contributed by atoms with Gasteiger partial charge in [0.25, 0.3) is 0 Å². The number of halogens is 2. The number of carbonyl (C=O) groups is 2. The van der Waals surface area contributed by atoms with Crippen LogP contribution < -0.4 is 10.6 Å². The maximum Gasteiger partial charge on any atom is 0.243 e. The van der Waals surface area contributed by atoms with Gasteiger partial charge in [-0.25, -0.2) is 0 Å². The summed E-state index contributed by atoms with van der Waals surface area (Å²) in [6.07, 6.45) is 0. The van der Waals surface area contributed by atoms with Crippen molar-refractivity contribution in [3.8, 4) is 0 Å². The van der Waals surface area contributed by atoms with Gasteiger partial charge in [-0.3, -0.25) is 9.59 Å². The van der Waals surface area contributed by atoms with Gasteiger partial charge in [0.1, 0.15) is 6.04 Å². The van der Waals surface area contributed by atoms with Crippen molar-refractivity contribution in [1.82, 2.24) is 10.6 Å². The summed E-state index contributed by atoms with van der Waals surface area (Å²) < 4.78 is 0. The van der Waals surface area contributed by atoms with Gasteiger partial charge in [0.15, 0.2) is 0 Å². The first kappa shape index (κ1) is 16.8. The largest absolute Gasteiger partial charge is 0.350 e. The number of amides is 2. The van der Waals surface area contributed by atoms with E-state index in [4.69, 9.17) is 23.2 Å². The minimum Gasteiger partial charge on any atom is -0.350 e. The molecule has 0 bridgehead atoms. The number of benzene rings is 1. The van der Waals surface area contributed by atoms with Gasteiger partial charge in [-0.2, -0.15) is 0 Å². The standard InChI is InChI=1S/C14H18Cl2N2O2/c1-8(2)13(18-9(3)19)14(20)17-7-10-4-5-11(15)6-12(10)16/h4-6,8,13H,7H2,1-3H3,(H,17,20)(H,18,19)/t13-/m1/s1. The van der Waals surface area contributed by atoms with Crippen LogP contribution in [0.25, 0.3) is 0 Å². The van der Waals surface area contributed by atoms with Crippen molar-refractivity contribution < 1.29 is 9.59 Å². The minimum absolute atomic E-state index is 0.000380. The Bertz CT molecular complexity index is 504. The van der Waals surface area contributed by atoms with Crippen molar-refractivity contribution >= 4 is 35.0 Å². The first-order valence-corrected chi connectivity index (χ1v) is 7.05. The lowest BCUT2D eigenvalue weighted by molar-refractivity contribution is -0.129. The van der Waals surface area contributed by atoms with Crippen molar-refractivity contribution in [2.45, 2.75) is 33.4 Å². The van der Waals surface area contributed by atoms with E-state index in [2.05, 4.69) is 10.6 Å². The van der Waals surface area contributed by atoms with E-state index in [-0.39, 0.29) is 24.3 Å². The molecular formula is C14H18Cl2N2O2. The second kappa shape index (κ2) is 7.50. The van der Waals surface area contributed by atoms with E-state index in [0.29, 0.717) is 10.0 Å². The number of hydrogen-bond acceptors (Lipinski definition) is 2. The highest BCUT2D eigenvalue weighted by Crippen LogP contribution is 2.20. The zero-order valence-electron chi connectivity index (χ0n) is 11.7. The Labute approximate surface area is 128 Å². The van der Waals surface area contributed by atoms with Crippen molar-refractivity contribution in [1.29, 1.82) is 0 Å². The van der Waals surface area contributed by atoms with Crippen molar-refractivity contribution in [3.05, 3.63) is 33.8 Å². The molecule has 0 heterocycles. The SMILES string of the molecule is CC(=O)N[C@@H](C(=O)NCc1ccc(Cl)cc1Cl)C(C)C.